The van der Waals surface area contributed by atoms with E-state index in [0.29, 0.717) is 29.2 Å². The predicted octanol–water partition coefficient (Wildman–Crippen LogP) is 6.57. The summed E-state index contributed by atoms with van der Waals surface area (Å²) in [5.74, 6) is 1.06. The van der Waals surface area contributed by atoms with Crippen LogP contribution in [0.15, 0.2) is 91.0 Å². The minimum absolute atomic E-state index is 0.315. The Bertz CT molecular complexity index is 1330. The Labute approximate surface area is 218 Å². The van der Waals surface area contributed by atoms with Crippen LogP contribution in [0.2, 0.25) is 0 Å². The van der Waals surface area contributed by atoms with Crippen LogP contribution in [0.3, 0.4) is 0 Å². The molecule has 5 heteroatoms. The van der Waals surface area contributed by atoms with Crippen LogP contribution in [0.4, 0.5) is 5.69 Å². The highest BCUT2D eigenvalue weighted by atomic mass is 16.5. The molecule has 5 nitrogen and oxygen atoms in total. The first-order valence-corrected chi connectivity index (χ1v) is 12.5. The highest BCUT2D eigenvalue weighted by Gasteiger charge is 2.20. The molecular formula is C32H33NO4. The van der Waals surface area contributed by atoms with E-state index in [0.717, 1.165) is 41.6 Å². The molecule has 3 N–H and O–H groups in total. The third kappa shape index (κ3) is 6.57. The van der Waals surface area contributed by atoms with Gasteiger partial charge in [0.2, 0.25) is 0 Å². The molecule has 0 heterocycles. The first-order chi connectivity index (χ1) is 18.0. The molecule has 0 saturated carbocycles. The first kappa shape index (κ1) is 26.0. The van der Waals surface area contributed by atoms with Crippen molar-refractivity contribution < 1.29 is 19.4 Å². The molecule has 0 radical (unpaired) electrons. The van der Waals surface area contributed by atoms with Gasteiger partial charge in [-0.1, -0.05) is 66.7 Å². The van der Waals surface area contributed by atoms with Crippen molar-refractivity contribution in [2.45, 2.75) is 32.3 Å². The molecule has 0 amide bonds. The zero-order valence-electron chi connectivity index (χ0n) is 21.3. The molecule has 4 aromatic rings. The zero-order chi connectivity index (χ0) is 26.2. The lowest BCUT2D eigenvalue weighted by Crippen LogP contribution is -2.12. The summed E-state index contributed by atoms with van der Waals surface area (Å²) in [4.78, 5) is 12.7. The van der Waals surface area contributed by atoms with Crippen LogP contribution in [0.1, 0.15) is 46.0 Å². The average Bonchev–Trinajstić information content (AvgIpc) is 2.93. The normalized spacial score (nSPS) is 11.6. The number of Topliss-reactive ketones (excluding diaryl/α,β-unsaturated/α-hetero) is 1. The number of hydrogen-bond donors (Lipinski definition) is 2. The summed E-state index contributed by atoms with van der Waals surface area (Å²) < 4.78 is 11.6. The fourth-order valence-electron chi connectivity index (χ4n) is 4.35. The molecular weight excluding hydrogens is 462 g/mol. The van der Waals surface area contributed by atoms with Gasteiger partial charge in [-0.15, -0.1) is 0 Å². The number of ether oxygens (including phenoxy) is 2. The van der Waals surface area contributed by atoms with Crippen molar-refractivity contribution in [2.24, 2.45) is 0 Å². The predicted molar refractivity (Wildman–Crippen MR) is 148 cm³/mol. The fraction of sp³-hybridized carbons (Fsp3) is 0.219. The van der Waals surface area contributed by atoms with Gasteiger partial charge in [0.1, 0.15) is 6.10 Å². The van der Waals surface area contributed by atoms with E-state index >= 15 is 0 Å². The maximum absolute atomic E-state index is 12.7. The lowest BCUT2D eigenvalue weighted by Gasteiger charge is -2.16. The van der Waals surface area contributed by atoms with Gasteiger partial charge in [-0.05, 0) is 78.3 Å². The molecule has 0 aromatic heterocycles. The number of carbonyl (C=O) groups is 1. The van der Waals surface area contributed by atoms with Crippen molar-refractivity contribution in [3.63, 3.8) is 0 Å². The standard InChI is InChI=1S/C32H33NO4/c1-22-20-26(32(35)31(34)24-9-4-3-5-10-24)13-17-28(22)25-14-18-29(36-2)30(21-25)37-19-7-6-8-23-11-15-27(33)16-12-23/h3-5,9-18,20-21,32,35H,6-8,19,33H2,1-2H3. The Morgan fingerprint density at radius 1 is 0.892 bits per heavy atom. The molecule has 1 atom stereocenters. The van der Waals surface area contributed by atoms with Gasteiger partial charge in [-0.2, -0.15) is 0 Å². The molecule has 0 aliphatic heterocycles. The van der Waals surface area contributed by atoms with E-state index in [9.17, 15) is 9.90 Å². The van der Waals surface area contributed by atoms with Gasteiger partial charge in [0.25, 0.3) is 0 Å². The molecule has 0 aliphatic carbocycles. The van der Waals surface area contributed by atoms with E-state index < -0.39 is 6.10 Å². The van der Waals surface area contributed by atoms with Gasteiger partial charge >= 0.3 is 0 Å². The maximum Gasteiger partial charge on any atom is 0.195 e. The fourth-order valence-corrected chi connectivity index (χ4v) is 4.35. The number of methoxy groups -OCH3 is 1. The molecule has 37 heavy (non-hydrogen) atoms. The summed E-state index contributed by atoms with van der Waals surface area (Å²) in [6, 6.07) is 28.3. The molecule has 0 fully saturated rings. The number of carbonyl (C=O) groups excluding carboxylic acids is 1. The van der Waals surface area contributed by atoms with Crippen LogP contribution in [0, 0.1) is 6.92 Å². The van der Waals surface area contributed by atoms with Crippen LogP contribution in [-0.2, 0) is 6.42 Å². The number of benzene rings is 4. The topological polar surface area (TPSA) is 81.8 Å². The van der Waals surface area contributed by atoms with Crippen molar-refractivity contribution in [1.82, 2.24) is 0 Å². The van der Waals surface area contributed by atoms with Crippen LogP contribution >= 0.6 is 0 Å². The summed E-state index contributed by atoms with van der Waals surface area (Å²) in [6.45, 7) is 2.56. The van der Waals surface area contributed by atoms with E-state index in [1.165, 1.54) is 5.56 Å². The van der Waals surface area contributed by atoms with Crippen molar-refractivity contribution >= 4 is 11.5 Å². The third-order valence-electron chi connectivity index (χ3n) is 6.44. The first-order valence-electron chi connectivity index (χ1n) is 12.5. The van der Waals surface area contributed by atoms with Crippen molar-refractivity contribution in [2.75, 3.05) is 19.5 Å². The van der Waals surface area contributed by atoms with Gasteiger partial charge in [-0.25, -0.2) is 0 Å². The summed E-state index contributed by atoms with van der Waals surface area (Å²) >= 11 is 0. The molecule has 0 saturated heterocycles. The van der Waals surface area contributed by atoms with E-state index in [-0.39, 0.29) is 5.78 Å². The average molecular weight is 496 g/mol. The van der Waals surface area contributed by atoms with E-state index in [1.807, 2.05) is 55.5 Å². The lowest BCUT2D eigenvalue weighted by atomic mass is 9.94. The number of aryl methyl sites for hydroxylation is 2. The van der Waals surface area contributed by atoms with Gasteiger partial charge in [0, 0.05) is 11.3 Å². The minimum Gasteiger partial charge on any atom is -0.493 e. The molecule has 0 spiro atoms. The molecule has 190 valence electrons. The number of nitrogens with two attached hydrogens (primary N) is 1. The lowest BCUT2D eigenvalue weighted by molar-refractivity contribution is 0.0747. The van der Waals surface area contributed by atoms with Crippen molar-refractivity contribution in [3.05, 3.63) is 113 Å². The van der Waals surface area contributed by atoms with Crippen LogP contribution in [0.5, 0.6) is 11.5 Å². The van der Waals surface area contributed by atoms with E-state index in [4.69, 9.17) is 15.2 Å². The Morgan fingerprint density at radius 2 is 1.65 bits per heavy atom. The number of nitrogen functional groups attached to an aromatic ring is 1. The summed E-state index contributed by atoms with van der Waals surface area (Å²) in [7, 11) is 1.63. The van der Waals surface area contributed by atoms with Gasteiger partial charge in [-0.3, -0.25) is 4.79 Å². The molecule has 1 unspecified atom stereocenters. The maximum atomic E-state index is 12.7. The van der Waals surface area contributed by atoms with Gasteiger partial charge in [0.05, 0.1) is 13.7 Å². The van der Waals surface area contributed by atoms with Gasteiger partial charge in [0.15, 0.2) is 17.3 Å². The number of aliphatic hydroxyl groups is 1. The quantitative estimate of drug-likeness (QED) is 0.140. The van der Waals surface area contributed by atoms with Crippen LogP contribution in [-0.4, -0.2) is 24.6 Å². The highest BCUT2D eigenvalue weighted by molar-refractivity contribution is 5.99. The highest BCUT2D eigenvalue weighted by Crippen LogP contribution is 2.35. The molecule has 0 bridgehead atoms. The van der Waals surface area contributed by atoms with E-state index in [2.05, 4.69) is 12.1 Å². The second-order valence-electron chi connectivity index (χ2n) is 9.12. The second kappa shape index (κ2) is 12.2. The number of unbranched alkanes of at least 4 members (excludes halogenated alkanes) is 1. The van der Waals surface area contributed by atoms with Crippen LogP contribution < -0.4 is 15.2 Å². The summed E-state index contributed by atoms with van der Waals surface area (Å²) in [6.07, 6.45) is 1.69. The van der Waals surface area contributed by atoms with Crippen LogP contribution in [0.25, 0.3) is 11.1 Å². The Hall–Kier alpha value is -4.09. The molecule has 4 aromatic carbocycles. The van der Waals surface area contributed by atoms with E-state index in [1.54, 1.807) is 37.4 Å². The number of anilines is 1. The third-order valence-corrected chi connectivity index (χ3v) is 6.44. The second-order valence-corrected chi connectivity index (χ2v) is 9.12. The monoisotopic (exact) mass is 495 g/mol. The Morgan fingerprint density at radius 3 is 2.35 bits per heavy atom. The number of rotatable bonds is 11. The van der Waals surface area contributed by atoms with Gasteiger partial charge < -0.3 is 20.3 Å². The molecule has 0 aliphatic rings. The van der Waals surface area contributed by atoms with Crippen molar-refractivity contribution in [3.8, 4) is 22.6 Å². The largest absolute Gasteiger partial charge is 0.493 e. The molecule has 4 rings (SSSR count). The Balaban J connectivity index is 1.42. The Kier molecular flexibility index (Phi) is 8.60. The zero-order valence-corrected chi connectivity index (χ0v) is 21.3. The number of hydrogen-bond acceptors (Lipinski definition) is 5. The SMILES string of the molecule is COc1ccc(-c2ccc(C(O)C(=O)c3ccccc3)cc2C)cc1OCCCCc1ccc(N)cc1. The smallest absolute Gasteiger partial charge is 0.195 e. The summed E-state index contributed by atoms with van der Waals surface area (Å²) in [5, 5.41) is 10.7. The number of ketones is 1. The van der Waals surface area contributed by atoms with Crippen molar-refractivity contribution in [1.29, 1.82) is 0 Å². The summed E-state index contributed by atoms with van der Waals surface area (Å²) in [5.41, 5.74) is 11.8. The minimum atomic E-state index is -1.21. The number of aliphatic hydroxyl groups excluding tert-OH is 1.